The number of carbonyl (C=O) groups excluding carboxylic acids is 1. The second-order valence-electron chi connectivity index (χ2n) is 6.36. The minimum Gasteiger partial charge on any atom is -0.443 e. The summed E-state index contributed by atoms with van der Waals surface area (Å²) >= 11 is 0. The van der Waals surface area contributed by atoms with Crippen LogP contribution in [0, 0.1) is 13.8 Å². The fourth-order valence-electron chi connectivity index (χ4n) is 3.20. The highest BCUT2D eigenvalue weighted by molar-refractivity contribution is 5.78. The van der Waals surface area contributed by atoms with Gasteiger partial charge in [0.15, 0.2) is 0 Å². The fraction of sp³-hybridized carbons (Fsp3) is 0.588. The van der Waals surface area contributed by atoms with Crippen LogP contribution < -0.4 is 10.9 Å². The van der Waals surface area contributed by atoms with Gasteiger partial charge in [-0.25, -0.2) is 4.98 Å². The summed E-state index contributed by atoms with van der Waals surface area (Å²) < 4.78 is 6.95. The molecule has 2 aromatic heterocycles. The van der Waals surface area contributed by atoms with Crippen LogP contribution in [0.1, 0.15) is 49.8 Å². The van der Waals surface area contributed by atoms with Crippen LogP contribution in [0.2, 0.25) is 0 Å². The molecule has 0 aliphatic heterocycles. The molecule has 1 aliphatic rings. The number of nitrogens with zero attached hydrogens (tertiary/aromatic N) is 2. The molecule has 0 bridgehead atoms. The quantitative estimate of drug-likeness (QED) is 0.939. The summed E-state index contributed by atoms with van der Waals surface area (Å²) in [5.74, 6) is 0.710. The molecule has 2 aromatic rings. The predicted octanol–water partition coefficient (Wildman–Crippen LogP) is 2.45. The standard InChI is InChI=1S/C17H23N3O3/c1-11-12(2)23-16-15(11)17(22)20(10-18-16)9-8-14(21)19-13-6-4-3-5-7-13/h10,13H,3-9H2,1-2H3,(H,19,21). The van der Waals surface area contributed by atoms with E-state index in [0.29, 0.717) is 35.9 Å². The Hall–Kier alpha value is -2.11. The van der Waals surface area contributed by atoms with Crippen molar-refractivity contribution in [2.45, 2.75) is 65.0 Å². The molecule has 2 heterocycles. The van der Waals surface area contributed by atoms with Crippen LogP contribution in [-0.2, 0) is 11.3 Å². The predicted molar refractivity (Wildman–Crippen MR) is 87.4 cm³/mol. The van der Waals surface area contributed by atoms with Gasteiger partial charge in [-0.1, -0.05) is 19.3 Å². The highest BCUT2D eigenvalue weighted by atomic mass is 16.3. The molecule has 0 aromatic carbocycles. The lowest BCUT2D eigenvalue weighted by atomic mass is 9.95. The van der Waals surface area contributed by atoms with E-state index in [1.165, 1.54) is 30.2 Å². The second-order valence-corrected chi connectivity index (χ2v) is 6.36. The molecule has 6 nitrogen and oxygen atoms in total. The fourth-order valence-corrected chi connectivity index (χ4v) is 3.20. The molecule has 1 amide bonds. The molecule has 1 saturated carbocycles. The number of fused-ring (bicyclic) bond motifs is 1. The number of furan rings is 1. The van der Waals surface area contributed by atoms with Gasteiger partial charge in [0.05, 0.1) is 0 Å². The van der Waals surface area contributed by atoms with E-state index in [1.807, 2.05) is 13.8 Å². The first-order valence-electron chi connectivity index (χ1n) is 8.31. The number of amides is 1. The van der Waals surface area contributed by atoms with Crippen LogP contribution in [0.4, 0.5) is 0 Å². The van der Waals surface area contributed by atoms with Crippen molar-refractivity contribution in [2.75, 3.05) is 0 Å². The zero-order chi connectivity index (χ0) is 16.4. The van der Waals surface area contributed by atoms with E-state index in [2.05, 4.69) is 10.3 Å². The summed E-state index contributed by atoms with van der Waals surface area (Å²) in [6, 6.07) is 0.298. The van der Waals surface area contributed by atoms with E-state index >= 15 is 0 Å². The average molecular weight is 317 g/mol. The number of aryl methyl sites for hydroxylation is 3. The van der Waals surface area contributed by atoms with Crippen molar-refractivity contribution in [1.29, 1.82) is 0 Å². The molecule has 0 unspecified atom stereocenters. The Bertz CT molecular complexity index is 769. The lowest BCUT2D eigenvalue weighted by molar-refractivity contribution is -0.122. The monoisotopic (exact) mass is 317 g/mol. The van der Waals surface area contributed by atoms with Crippen molar-refractivity contribution in [3.8, 4) is 0 Å². The molecule has 6 heteroatoms. The molecule has 0 spiro atoms. The molecule has 0 atom stereocenters. The van der Waals surface area contributed by atoms with Gasteiger partial charge in [0.2, 0.25) is 11.6 Å². The molecule has 0 saturated heterocycles. The van der Waals surface area contributed by atoms with Crippen molar-refractivity contribution in [3.63, 3.8) is 0 Å². The van der Waals surface area contributed by atoms with Gasteiger partial charge in [-0.05, 0) is 26.7 Å². The van der Waals surface area contributed by atoms with Gasteiger partial charge in [0.1, 0.15) is 17.5 Å². The minimum atomic E-state index is -0.144. The summed E-state index contributed by atoms with van der Waals surface area (Å²) in [6.07, 6.45) is 7.50. The highest BCUT2D eigenvalue weighted by Gasteiger charge is 2.17. The summed E-state index contributed by atoms with van der Waals surface area (Å²) in [6.45, 7) is 4.01. The van der Waals surface area contributed by atoms with Gasteiger partial charge in [-0.3, -0.25) is 14.2 Å². The second kappa shape index (κ2) is 6.56. The Morgan fingerprint density at radius 1 is 1.35 bits per heavy atom. The Balaban J connectivity index is 1.67. The largest absolute Gasteiger partial charge is 0.443 e. The van der Waals surface area contributed by atoms with E-state index in [9.17, 15) is 9.59 Å². The minimum absolute atomic E-state index is 0.00370. The third-order valence-electron chi connectivity index (χ3n) is 4.71. The third-order valence-corrected chi connectivity index (χ3v) is 4.71. The molecule has 1 aliphatic carbocycles. The number of nitrogens with one attached hydrogen (secondary N) is 1. The Labute approximate surface area is 134 Å². The molecular weight excluding hydrogens is 294 g/mol. The molecule has 1 N–H and O–H groups in total. The van der Waals surface area contributed by atoms with E-state index < -0.39 is 0 Å². The maximum Gasteiger partial charge on any atom is 0.264 e. The van der Waals surface area contributed by atoms with Gasteiger partial charge >= 0.3 is 0 Å². The molecule has 1 fully saturated rings. The number of hydrogen-bond acceptors (Lipinski definition) is 4. The van der Waals surface area contributed by atoms with Gasteiger partial charge in [0.25, 0.3) is 5.56 Å². The topological polar surface area (TPSA) is 77.1 Å². The lowest BCUT2D eigenvalue weighted by Crippen LogP contribution is -2.37. The molecular formula is C17H23N3O3. The van der Waals surface area contributed by atoms with E-state index in [0.717, 1.165) is 18.4 Å². The number of aromatic nitrogens is 2. The van der Waals surface area contributed by atoms with E-state index in [-0.39, 0.29) is 11.5 Å². The maximum atomic E-state index is 12.5. The number of hydrogen-bond donors (Lipinski definition) is 1. The number of carbonyl (C=O) groups is 1. The molecule has 3 rings (SSSR count). The van der Waals surface area contributed by atoms with Gasteiger partial charge in [0, 0.05) is 24.6 Å². The Morgan fingerprint density at radius 2 is 2.09 bits per heavy atom. The average Bonchev–Trinajstić information content (AvgIpc) is 2.83. The Morgan fingerprint density at radius 3 is 2.83 bits per heavy atom. The maximum absolute atomic E-state index is 12.5. The first-order chi connectivity index (χ1) is 11.1. The van der Waals surface area contributed by atoms with E-state index in [4.69, 9.17) is 4.42 Å². The zero-order valence-corrected chi connectivity index (χ0v) is 13.7. The van der Waals surface area contributed by atoms with E-state index in [1.54, 1.807) is 0 Å². The first-order valence-corrected chi connectivity index (χ1v) is 8.31. The van der Waals surface area contributed by atoms with Crippen LogP contribution in [0.3, 0.4) is 0 Å². The first kappa shape index (κ1) is 15.8. The van der Waals surface area contributed by atoms with Crippen LogP contribution >= 0.6 is 0 Å². The van der Waals surface area contributed by atoms with Crippen molar-refractivity contribution in [3.05, 3.63) is 28.0 Å². The van der Waals surface area contributed by atoms with Crippen LogP contribution in [0.25, 0.3) is 11.1 Å². The van der Waals surface area contributed by atoms with Crippen LogP contribution in [0.15, 0.2) is 15.5 Å². The van der Waals surface area contributed by atoms with Crippen LogP contribution in [-0.4, -0.2) is 21.5 Å². The molecule has 124 valence electrons. The smallest absolute Gasteiger partial charge is 0.264 e. The lowest BCUT2D eigenvalue weighted by Gasteiger charge is -2.22. The zero-order valence-electron chi connectivity index (χ0n) is 13.7. The van der Waals surface area contributed by atoms with Crippen molar-refractivity contribution < 1.29 is 9.21 Å². The van der Waals surface area contributed by atoms with Crippen molar-refractivity contribution >= 4 is 17.0 Å². The van der Waals surface area contributed by atoms with Gasteiger partial charge < -0.3 is 9.73 Å². The summed E-state index contributed by atoms with van der Waals surface area (Å²) in [4.78, 5) is 28.7. The highest BCUT2D eigenvalue weighted by Crippen LogP contribution is 2.19. The normalized spacial score (nSPS) is 15.9. The summed E-state index contributed by atoms with van der Waals surface area (Å²) in [5, 5.41) is 3.58. The Kier molecular flexibility index (Phi) is 4.50. The molecule has 23 heavy (non-hydrogen) atoms. The van der Waals surface area contributed by atoms with Gasteiger partial charge in [-0.2, -0.15) is 0 Å². The van der Waals surface area contributed by atoms with Gasteiger partial charge in [-0.15, -0.1) is 0 Å². The summed E-state index contributed by atoms with van der Waals surface area (Å²) in [7, 11) is 0. The summed E-state index contributed by atoms with van der Waals surface area (Å²) in [5.41, 5.74) is 1.04. The van der Waals surface area contributed by atoms with Crippen molar-refractivity contribution in [2.24, 2.45) is 0 Å². The van der Waals surface area contributed by atoms with Crippen molar-refractivity contribution in [1.82, 2.24) is 14.9 Å². The third kappa shape index (κ3) is 3.30. The van der Waals surface area contributed by atoms with Crippen LogP contribution in [0.5, 0.6) is 0 Å². The number of rotatable bonds is 4. The molecule has 0 radical (unpaired) electrons. The SMILES string of the molecule is Cc1oc2ncn(CCC(=O)NC3CCCCC3)c(=O)c2c1C.